The molecule has 0 aromatic heterocycles. The molecule has 7 nitrogen and oxygen atoms in total. The number of amides is 2. The van der Waals surface area contributed by atoms with Crippen molar-refractivity contribution in [2.75, 3.05) is 12.4 Å². The van der Waals surface area contributed by atoms with E-state index in [4.69, 9.17) is 9.84 Å². The average Bonchev–Trinajstić information content (AvgIpc) is 3.49. The van der Waals surface area contributed by atoms with Gasteiger partial charge >= 0.3 is 0 Å². The van der Waals surface area contributed by atoms with Crippen LogP contribution in [0, 0.1) is 6.92 Å². The van der Waals surface area contributed by atoms with E-state index >= 15 is 0 Å². The molecule has 2 atom stereocenters. The highest BCUT2D eigenvalue weighted by molar-refractivity contribution is 8.15. The maximum atomic E-state index is 12.8. The number of amidine groups is 1. The van der Waals surface area contributed by atoms with Crippen molar-refractivity contribution in [3.63, 3.8) is 0 Å². The van der Waals surface area contributed by atoms with E-state index in [2.05, 4.69) is 41.5 Å². The molecule has 0 aliphatic carbocycles. The molecular formula is C28H26N4O3S. The molecule has 0 spiro atoms. The summed E-state index contributed by atoms with van der Waals surface area (Å²) in [6.07, 6.45) is 0.712. The van der Waals surface area contributed by atoms with E-state index in [0.29, 0.717) is 17.3 Å². The number of hydrazone groups is 1. The smallest absolute Gasteiger partial charge is 0.262 e. The third kappa shape index (κ3) is 5.18. The first-order chi connectivity index (χ1) is 17.5. The number of ether oxygens (including phenoxy) is 1. The zero-order valence-corrected chi connectivity index (χ0v) is 20.9. The lowest BCUT2D eigenvalue weighted by atomic mass is 9.98. The molecule has 5 rings (SSSR count). The lowest BCUT2D eigenvalue weighted by Crippen LogP contribution is -2.25. The Morgan fingerprint density at radius 3 is 2.47 bits per heavy atom. The van der Waals surface area contributed by atoms with Crippen LogP contribution in [0.4, 0.5) is 5.69 Å². The number of benzene rings is 3. The standard InChI is InChI=1S/C28H26N4O3S/c1-18-8-10-19(11-9-18)23-16-24(20-12-14-22(35-2)15-13-20)32(31-23)28-30-27(34)25(36-28)17-26(33)29-21-6-4-3-5-7-21/h3-15,24-25H,16-17H2,1-2H3,(H,29,33). The summed E-state index contributed by atoms with van der Waals surface area (Å²) in [6.45, 7) is 2.05. The quantitative estimate of drug-likeness (QED) is 0.506. The lowest BCUT2D eigenvalue weighted by Gasteiger charge is -2.23. The van der Waals surface area contributed by atoms with Gasteiger partial charge in [0.25, 0.3) is 5.91 Å². The first-order valence-electron chi connectivity index (χ1n) is 11.7. The van der Waals surface area contributed by atoms with Crippen LogP contribution >= 0.6 is 11.8 Å². The molecular weight excluding hydrogens is 472 g/mol. The van der Waals surface area contributed by atoms with Gasteiger partial charge in [0.05, 0.1) is 18.9 Å². The molecule has 0 fully saturated rings. The van der Waals surface area contributed by atoms with Crippen LogP contribution in [0.5, 0.6) is 5.75 Å². The summed E-state index contributed by atoms with van der Waals surface area (Å²) in [5.41, 5.74) is 4.89. The Kier molecular flexibility index (Phi) is 6.86. The van der Waals surface area contributed by atoms with Crippen molar-refractivity contribution in [1.82, 2.24) is 5.01 Å². The molecule has 2 heterocycles. The fourth-order valence-electron chi connectivity index (χ4n) is 4.20. The molecule has 2 aliphatic heterocycles. The number of nitrogens with zero attached hydrogens (tertiary/aromatic N) is 3. The third-order valence-electron chi connectivity index (χ3n) is 6.15. The van der Waals surface area contributed by atoms with Gasteiger partial charge in [-0.1, -0.05) is 71.9 Å². The van der Waals surface area contributed by atoms with Crippen molar-refractivity contribution in [1.29, 1.82) is 0 Å². The molecule has 36 heavy (non-hydrogen) atoms. The number of methoxy groups -OCH3 is 1. The van der Waals surface area contributed by atoms with Crippen molar-refractivity contribution < 1.29 is 14.3 Å². The van der Waals surface area contributed by atoms with E-state index in [1.54, 1.807) is 7.11 Å². The molecule has 0 bridgehead atoms. The molecule has 3 aromatic rings. The SMILES string of the molecule is COc1ccc(C2CC(c3ccc(C)cc3)=NN2C2=NC(=O)C(CC(=O)Nc3ccccc3)S2)cc1. The van der Waals surface area contributed by atoms with Crippen LogP contribution in [0.2, 0.25) is 0 Å². The van der Waals surface area contributed by atoms with Crippen LogP contribution in [-0.2, 0) is 9.59 Å². The number of hydrogen-bond acceptors (Lipinski definition) is 6. The summed E-state index contributed by atoms with van der Waals surface area (Å²) in [4.78, 5) is 29.7. The summed E-state index contributed by atoms with van der Waals surface area (Å²) >= 11 is 1.29. The highest BCUT2D eigenvalue weighted by atomic mass is 32.2. The van der Waals surface area contributed by atoms with Crippen molar-refractivity contribution in [2.45, 2.75) is 31.1 Å². The van der Waals surface area contributed by atoms with Crippen LogP contribution in [0.3, 0.4) is 0 Å². The van der Waals surface area contributed by atoms with Gasteiger partial charge in [-0.05, 0) is 42.3 Å². The van der Waals surface area contributed by atoms with Gasteiger partial charge in [-0.25, -0.2) is 5.01 Å². The molecule has 2 aliphatic rings. The van der Waals surface area contributed by atoms with Gasteiger partial charge in [-0.3, -0.25) is 9.59 Å². The summed E-state index contributed by atoms with van der Waals surface area (Å²) < 4.78 is 5.32. The van der Waals surface area contributed by atoms with E-state index in [-0.39, 0.29) is 24.3 Å². The summed E-state index contributed by atoms with van der Waals surface area (Å²) in [5, 5.41) is 9.50. The van der Waals surface area contributed by atoms with E-state index in [0.717, 1.165) is 22.6 Å². The van der Waals surface area contributed by atoms with Crippen LogP contribution in [0.25, 0.3) is 0 Å². The van der Waals surface area contributed by atoms with E-state index in [9.17, 15) is 9.59 Å². The van der Waals surface area contributed by atoms with E-state index < -0.39 is 5.25 Å². The highest BCUT2D eigenvalue weighted by Gasteiger charge is 2.39. The molecule has 3 aromatic carbocycles. The number of aliphatic imine (C=N–C) groups is 1. The zero-order valence-electron chi connectivity index (χ0n) is 20.0. The summed E-state index contributed by atoms with van der Waals surface area (Å²) in [7, 11) is 1.64. The molecule has 0 saturated heterocycles. The van der Waals surface area contributed by atoms with Gasteiger partial charge in [0, 0.05) is 18.5 Å². The van der Waals surface area contributed by atoms with Crippen molar-refractivity contribution in [3.05, 3.63) is 95.6 Å². The number of nitrogens with one attached hydrogen (secondary N) is 1. The first-order valence-corrected chi connectivity index (χ1v) is 12.6. The van der Waals surface area contributed by atoms with E-state index in [1.807, 2.05) is 59.6 Å². The fourth-order valence-corrected chi connectivity index (χ4v) is 5.26. The number of para-hydroxylation sites is 1. The van der Waals surface area contributed by atoms with Crippen molar-refractivity contribution >= 4 is 40.1 Å². The maximum Gasteiger partial charge on any atom is 0.262 e. The monoisotopic (exact) mass is 498 g/mol. The normalized spacial score (nSPS) is 19.2. The van der Waals surface area contributed by atoms with Gasteiger partial charge in [0.15, 0.2) is 5.17 Å². The van der Waals surface area contributed by atoms with Gasteiger partial charge in [-0.2, -0.15) is 10.1 Å². The second-order valence-electron chi connectivity index (χ2n) is 8.71. The fraction of sp³-hybridized carbons (Fsp3) is 0.214. The molecule has 182 valence electrons. The minimum Gasteiger partial charge on any atom is -0.497 e. The van der Waals surface area contributed by atoms with Gasteiger partial charge < -0.3 is 10.1 Å². The maximum absolute atomic E-state index is 12.8. The second kappa shape index (κ2) is 10.4. The number of rotatable bonds is 6. The number of anilines is 1. The Morgan fingerprint density at radius 1 is 1.06 bits per heavy atom. The summed E-state index contributed by atoms with van der Waals surface area (Å²) in [5.74, 6) is 0.237. The predicted molar refractivity (Wildman–Crippen MR) is 143 cm³/mol. The molecule has 0 saturated carbocycles. The number of carbonyl (C=O) groups is 2. The van der Waals surface area contributed by atoms with Crippen LogP contribution in [0.1, 0.15) is 35.6 Å². The largest absolute Gasteiger partial charge is 0.497 e. The zero-order chi connectivity index (χ0) is 25.1. The van der Waals surface area contributed by atoms with E-state index in [1.165, 1.54) is 17.3 Å². The number of thioether (sulfide) groups is 1. The molecule has 2 unspecified atom stereocenters. The van der Waals surface area contributed by atoms with Gasteiger partial charge in [-0.15, -0.1) is 0 Å². The lowest BCUT2D eigenvalue weighted by molar-refractivity contribution is -0.121. The molecule has 8 heteroatoms. The molecule has 1 N–H and O–H groups in total. The topological polar surface area (TPSA) is 83.4 Å². The Hall–Kier alpha value is -3.91. The Bertz CT molecular complexity index is 1320. The number of carbonyl (C=O) groups excluding carboxylic acids is 2. The summed E-state index contributed by atoms with van der Waals surface area (Å²) in [6, 6.07) is 25.2. The molecule has 2 amide bonds. The van der Waals surface area contributed by atoms with Crippen LogP contribution < -0.4 is 10.1 Å². The predicted octanol–water partition coefficient (Wildman–Crippen LogP) is 5.18. The molecule has 0 radical (unpaired) electrons. The second-order valence-corrected chi connectivity index (χ2v) is 9.88. The van der Waals surface area contributed by atoms with Gasteiger partial charge in [0.1, 0.15) is 11.0 Å². The Morgan fingerprint density at radius 2 is 1.78 bits per heavy atom. The first kappa shape index (κ1) is 23.8. The van der Waals surface area contributed by atoms with Crippen molar-refractivity contribution in [3.8, 4) is 5.75 Å². The third-order valence-corrected chi connectivity index (χ3v) is 7.29. The Labute approximate surface area is 214 Å². The minimum atomic E-state index is -0.584. The minimum absolute atomic E-state index is 0.0426. The number of aryl methyl sites for hydroxylation is 1. The van der Waals surface area contributed by atoms with Crippen LogP contribution in [-0.4, -0.2) is 40.1 Å². The van der Waals surface area contributed by atoms with Crippen LogP contribution in [0.15, 0.2) is 89.0 Å². The highest BCUT2D eigenvalue weighted by Crippen LogP contribution is 2.39. The van der Waals surface area contributed by atoms with Crippen molar-refractivity contribution in [2.24, 2.45) is 10.1 Å². The Balaban J connectivity index is 1.36. The number of hydrogen-bond donors (Lipinski definition) is 1. The van der Waals surface area contributed by atoms with Gasteiger partial charge in [0.2, 0.25) is 5.91 Å². The average molecular weight is 499 g/mol.